The summed E-state index contributed by atoms with van der Waals surface area (Å²) in [5, 5.41) is 26.6. The molecule has 0 saturated heterocycles. The quantitative estimate of drug-likeness (QED) is 0.473. The Morgan fingerprint density at radius 3 is 2.86 bits per heavy atom. The maximum Gasteiger partial charge on any atom is 0.253 e. The number of aliphatic hydroxyl groups is 1. The fraction of sp³-hybridized carbons (Fsp3) is 0.333. The van der Waals surface area contributed by atoms with Crippen molar-refractivity contribution < 1.29 is 9.84 Å². The number of benzene rings is 1. The molecule has 0 unspecified atom stereocenters. The van der Waals surface area contributed by atoms with E-state index in [9.17, 15) is 5.26 Å². The third-order valence-corrected chi connectivity index (χ3v) is 4.41. The molecule has 3 N–H and O–H groups in total. The first-order chi connectivity index (χ1) is 14.1. The second-order valence-electron chi connectivity index (χ2n) is 6.58. The Kier molecular flexibility index (Phi) is 6.76. The molecule has 0 fully saturated rings. The molecule has 3 rings (SSSR count). The Morgan fingerprint density at radius 2 is 2.10 bits per heavy atom. The van der Waals surface area contributed by atoms with E-state index >= 15 is 0 Å². The molecule has 0 bridgehead atoms. The van der Waals surface area contributed by atoms with E-state index in [2.05, 4.69) is 25.6 Å². The van der Waals surface area contributed by atoms with E-state index in [-0.39, 0.29) is 24.3 Å². The first-order valence-electron chi connectivity index (χ1n) is 9.59. The van der Waals surface area contributed by atoms with Gasteiger partial charge in [-0.2, -0.15) is 10.2 Å². The van der Waals surface area contributed by atoms with Gasteiger partial charge in [0.15, 0.2) is 5.82 Å². The van der Waals surface area contributed by atoms with Crippen molar-refractivity contribution >= 4 is 28.1 Å². The largest absolute Gasteiger partial charge is 0.473 e. The highest BCUT2D eigenvalue weighted by Crippen LogP contribution is 2.26. The van der Waals surface area contributed by atoms with Crippen molar-refractivity contribution in [2.75, 3.05) is 23.8 Å². The molecule has 150 valence electrons. The number of anilines is 3. The zero-order chi connectivity index (χ0) is 20.6. The van der Waals surface area contributed by atoms with Crippen molar-refractivity contribution in [3.8, 4) is 11.9 Å². The number of fused-ring (bicyclic) bond motifs is 1. The maximum atomic E-state index is 9.22. The van der Waals surface area contributed by atoms with Gasteiger partial charge in [-0.05, 0) is 37.3 Å². The lowest BCUT2D eigenvalue weighted by Crippen LogP contribution is -2.13. The van der Waals surface area contributed by atoms with Gasteiger partial charge in [0.25, 0.3) is 5.88 Å². The molecular formula is C21H24N6O2. The zero-order valence-electron chi connectivity index (χ0n) is 16.5. The topological polar surface area (TPSA) is 116 Å². The molecule has 1 aromatic carbocycles. The fourth-order valence-corrected chi connectivity index (χ4v) is 2.69. The summed E-state index contributed by atoms with van der Waals surface area (Å²) < 4.78 is 5.71. The van der Waals surface area contributed by atoms with Crippen molar-refractivity contribution in [1.82, 2.24) is 15.0 Å². The summed E-state index contributed by atoms with van der Waals surface area (Å²) in [5.74, 6) is 1.27. The third kappa shape index (κ3) is 5.09. The lowest BCUT2D eigenvalue weighted by Gasteiger charge is -2.14. The second kappa shape index (κ2) is 9.66. The Morgan fingerprint density at radius 1 is 1.24 bits per heavy atom. The Hall–Kier alpha value is -3.44. The van der Waals surface area contributed by atoms with Crippen LogP contribution in [0.5, 0.6) is 5.88 Å². The number of pyridine rings is 1. The number of nitrogens with one attached hydrogen (secondary N) is 2. The predicted molar refractivity (Wildman–Crippen MR) is 112 cm³/mol. The van der Waals surface area contributed by atoms with Crippen LogP contribution in [0, 0.1) is 11.3 Å². The summed E-state index contributed by atoms with van der Waals surface area (Å²) in [6.45, 7) is 4.76. The summed E-state index contributed by atoms with van der Waals surface area (Å²) in [5.41, 5.74) is 1.12. The van der Waals surface area contributed by atoms with Crippen LogP contribution in [0.1, 0.15) is 32.4 Å². The van der Waals surface area contributed by atoms with Crippen LogP contribution in [0.4, 0.5) is 17.3 Å². The van der Waals surface area contributed by atoms with Crippen LogP contribution in [0.2, 0.25) is 0 Å². The van der Waals surface area contributed by atoms with E-state index in [1.807, 2.05) is 44.2 Å². The SMILES string of the molecule is CC[C@@H](C)Oc1nc(Nc2cc3cccc(NCCCO)c3cn2)cnc1C#N. The van der Waals surface area contributed by atoms with E-state index in [4.69, 9.17) is 9.84 Å². The lowest BCUT2D eigenvalue weighted by atomic mass is 10.1. The van der Waals surface area contributed by atoms with Crippen molar-refractivity contribution in [2.24, 2.45) is 0 Å². The second-order valence-corrected chi connectivity index (χ2v) is 6.58. The molecule has 0 radical (unpaired) electrons. The van der Waals surface area contributed by atoms with Gasteiger partial charge in [0.2, 0.25) is 5.69 Å². The molecule has 0 aliphatic heterocycles. The molecule has 0 spiro atoms. The average Bonchev–Trinajstić information content (AvgIpc) is 2.74. The van der Waals surface area contributed by atoms with Crippen LogP contribution < -0.4 is 15.4 Å². The Labute approximate surface area is 169 Å². The van der Waals surface area contributed by atoms with Gasteiger partial charge in [0.05, 0.1) is 12.3 Å². The molecule has 0 amide bonds. The van der Waals surface area contributed by atoms with E-state index in [1.54, 1.807) is 6.20 Å². The van der Waals surface area contributed by atoms with Gasteiger partial charge in [-0.1, -0.05) is 19.1 Å². The van der Waals surface area contributed by atoms with Gasteiger partial charge < -0.3 is 20.5 Å². The summed E-state index contributed by atoms with van der Waals surface area (Å²) in [6.07, 6.45) is 4.68. The number of ether oxygens (including phenoxy) is 1. The number of hydrogen-bond acceptors (Lipinski definition) is 8. The van der Waals surface area contributed by atoms with Gasteiger partial charge in [0.1, 0.15) is 11.9 Å². The number of nitrogens with zero attached hydrogens (tertiary/aromatic N) is 4. The van der Waals surface area contributed by atoms with Crippen molar-refractivity contribution in [3.63, 3.8) is 0 Å². The van der Waals surface area contributed by atoms with E-state index in [0.717, 1.165) is 22.9 Å². The van der Waals surface area contributed by atoms with Crippen LogP contribution >= 0.6 is 0 Å². The first kappa shape index (κ1) is 20.3. The van der Waals surface area contributed by atoms with Gasteiger partial charge >= 0.3 is 0 Å². The molecule has 29 heavy (non-hydrogen) atoms. The highest BCUT2D eigenvalue weighted by atomic mass is 16.5. The zero-order valence-corrected chi connectivity index (χ0v) is 16.5. The van der Waals surface area contributed by atoms with Crippen molar-refractivity contribution in [1.29, 1.82) is 5.26 Å². The highest BCUT2D eigenvalue weighted by molar-refractivity contribution is 5.94. The maximum absolute atomic E-state index is 9.22. The molecule has 0 aliphatic rings. The summed E-state index contributed by atoms with van der Waals surface area (Å²) in [6, 6.07) is 9.87. The highest BCUT2D eigenvalue weighted by Gasteiger charge is 2.12. The Bertz CT molecular complexity index is 1020. The summed E-state index contributed by atoms with van der Waals surface area (Å²) in [7, 11) is 0. The third-order valence-electron chi connectivity index (χ3n) is 4.41. The van der Waals surface area contributed by atoms with E-state index in [1.165, 1.54) is 6.20 Å². The first-order valence-corrected chi connectivity index (χ1v) is 9.59. The normalized spacial score (nSPS) is 11.7. The molecule has 2 heterocycles. The monoisotopic (exact) mass is 392 g/mol. The molecule has 0 saturated carbocycles. The molecule has 8 nitrogen and oxygen atoms in total. The van der Waals surface area contributed by atoms with Crippen molar-refractivity contribution in [2.45, 2.75) is 32.8 Å². The minimum Gasteiger partial charge on any atom is -0.473 e. The number of aromatic nitrogens is 3. The van der Waals surface area contributed by atoms with E-state index < -0.39 is 0 Å². The van der Waals surface area contributed by atoms with Gasteiger partial charge in [0, 0.05) is 30.4 Å². The smallest absolute Gasteiger partial charge is 0.253 e. The van der Waals surface area contributed by atoms with Crippen LogP contribution in [0.25, 0.3) is 10.8 Å². The molecule has 8 heteroatoms. The van der Waals surface area contributed by atoms with Crippen LogP contribution in [0.3, 0.4) is 0 Å². The molecule has 1 atom stereocenters. The van der Waals surface area contributed by atoms with Gasteiger partial charge in [-0.25, -0.2) is 9.97 Å². The number of aliphatic hydroxyl groups excluding tert-OH is 1. The van der Waals surface area contributed by atoms with Crippen LogP contribution in [-0.2, 0) is 0 Å². The Balaban J connectivity index is 1.83. The van der Waals surface area contributed by atoms with Crippen LogP contribution in [0.15, 0.2) is 36.7 Å². The number of rotatable bonds is 9. The van der Waals surface area contributed by atoms with Gasteiger partial charge in [-0.3, -0.25) is 0 Å². The average molecular weight is 392 g/mol. The van der Waals surface area contributed by atoms with Crippen LogP contribution in [-0.4, -0.2) is 39.3 Å². The number of hydrogen-bond donors (Lipinski definition) is 3. The predicted octanol–water partition coefficient (Wildman–Crippen LogP) is 3.61. The molecule has 2 aromatic heterocycles. The standard InChI is InChI=1S/C21H24N6O2/c1-3-14(2)29-21-18(11-22)24-13-20(27-21)26-19-10-15-6-4-7-17(16(15)12-25-19)23-8-5-9-28/h4,6-7,10,12-14,23,28H,3,5,8-9H2,1-2H3,(H,25,26,27)/t14-/m1/s1. The minimum atomic E-state index is -0.0674. The van der Waals surface area contributed by atoms with Crippen molar-refractivity contribution in [3.05, 3.63) is 42.4 Å². The fourth-order valence-electron chi connectivity index (χ4n) is 2.69. The van der Waals surface area contributed by atoms with E-state index in [0.29, 0.717) is 24.6 Å². The molecule has 0 aliphatic carbocycles. The summed E-state index contributed by atoms with van der Waals surface area (Å²) in [4.78, 5) is 13.0. The number of nitriles is 1. The molecule has 3 aromatic rings. The lowest BCUT2D eigenvalue weighted by molar-refractivity contribution is 0.207. The minimum absolute atomic E-state index is 0.0674. The summed E-state index contributed by atoms with van der Waals surface area (Å²) >= 11 is 0. The van der Waals surface area contributed by atoms with Gasteiger partial charge in [-0.15, -0.1) is 0 Å². The molecular weight excluding hydrogens is 368 g/mol.